The van der Waals surface area contributed by atoms with Gasteiger partial charge in [0.05, 0.1) is 11.1 Å². The van der Waals surface area contributed by atoms with Crippen LogP contribution in [0.3, 0.4) is 0 Å². The molecule has 0 amide bonds. The standard InChI is InChI=1S/C15H12O4/c1-9-5-6-12(13(16)7-9)14(17)10-3-2-4-11(8-10)15(18)19/h2-8,16H,1H3,(H,18,19). The molecule has 0 aliphatic carbocycles. The molecule has 0 radical (unpaired) electrons. The molecule has 0 fully saturated rings. The van der Waals surface area contributed by atoms with Crippen LogP contribution in [-0.4, -0.2) is 22.0 Å². The van der Waals surface area contributed by atoms with Gasteiger partial charge in [-0.05, 0) is 36.8 Å². The monoisotopic (exact) mass is 256 g/mol. The zero-order valence-electron chi connectivity index (χ0n) is 10.3. The Labute approximate surface area is 109 Å². The normalized spacial score (nSPS) is 10.2. The van der Waals surface area contributed by atoms with Crippen molar-refractivity contribution in [3.05, 3.63) is 64.7 Å². The van der Waals surface area contributed by atoms with Crippen molar-refractivity contribution in [1.29, 1.82) is 0 Å². The first-order valence-corrected chi connectivity index (χ1v) is 5.66. The Morgan fingerprint density at radius 1 is 1.00 bits per heavy atom. The number of rotatable bonds is 3. The highest BCUT2D eigenvalue weighted by Crippen LogP contribution is 2.22. The fourth-order valence-corrected chi connectivity index (χ4v) is 1.78. The molecule has 0 aliphatic rings. The maximum absolute atomic E-state index is 12.2. The Balaban J connectivity index is 2.44. The number of hydrogen-bond acceptors (Lipinski definition) is 3. The van der Waals surface area contributed by atoms with Gasteiger partial charge in [-0.25, -0.2) is 4.79 Å². The number of phenols is 1. The largest absolute Gasteiger partial charge is 0.507 e. The summed E-state index contributed by atoms with van der Waals surface area (Å²) in [6.07, 6.45) is 0. The zero-order valence-corrected chi connectivity index (χ0v) is 10.3. The van der Waals surface area contributed by atoms with Gasteiger partial charge in [0.2, 0.25) is 0 Å². The molecule has 2 aromatic carbocycles. The summed E-state index contributed by atoms with van der Waals surface area (Å²) in [4.78, 5) is 23.1. The molecule has 2 aromatic rings. The number of benzene rings is 2. The number of aromatic carboxylic acids is 1. The third-order valence-corrected chi connectivity index (χ3v) is 2.77. The lowest BCUT2D eigenvalue weighted by Gasteiger charge is -2.05. The number of aryl methyl sites for hydroxylation is 1. The van der Waals surface area contributed by atoms with Crippen LogP contribution in [0.5, 0.6) is 5.75 Å². The van der Waals surface area contributed by atoms with E-state index < -0.39 is 11.8 Å². The Hall–Kier alpha value is -2.62. The molecular formula is C15H12O4. The van der Waals surface area contributed by atoms with Crippen LogP contribution in [0.15, 0.2) is 42.5 Å². The van der Waals surface area contributed by atoms with Crippen molar-refractivity contribution in [2.75, 3.05) is 0 Å². The average molecular weight is 256 g/mol. The van der Waals surface area contributed by atoms with E-state index in [1.54, 1.807) is 13.0 Å². The summed E-state index contributed by atoms with van der Waals surface area (Å²) in [5.41, 5.74) is 1.28. The van der Waals surface area contributed by atoms with Gasteiger partial charge in [-0.3, -0.25) is 4.79 Å². The van der Waals surface area contributed by atoms with Gasteiger partial charge < -0.3 is 10.2 Å². The maximum atomic E-state index is 12.2. The molecule has 0 bridgehead atoms. The lowest BCUT2D eigenvalue weighted by molar-refractivity contribution is 0.0697. The van der Waals surface area contributed by atoms with Crippen molar-refractivity contribution < 1.29 is 19.8 Å². The topological polar surface area (TPSA) is 74.6 Å². The molecule has 0 saturated heterocycles. The average Bonchev–Trinajstić information content (AvgIpc) is 2.38. The van der Waals surface area contributed by atoms with Crippen LogP contribution in [0.4, 0.5) is 0 Å². The highest BCUT2D eigenvalue weighted by atomic mass is 16.4. The van der Waals surface area contributed by atoms with Crippen molar-refractivity contribution in [1.82, 2.24) is 0 Å². The van der Waals surface area contributed by atoms with E-state index in [1.165, 1.54) is 36.4 Å². The van der Waals surface area contributed by atoms with E-state index in [1.807, 2.05) is 0 Å². The van der Waals surface area contributed by atoms with E-state index in [-0.39, 0.29) is 22.4 Å². The van der Waals surface area contributed by atoms with E-state index >= 15 is 0 Å². The van der Waals surface area contributed by atoms with E-state index in [4.69, 9.17) is 5.11 Å². The number of hydrogen-bond donors (Lipinski definition) is 2. The second-order valence-corrected chi connectivity index (χ2v) is 4.24. The second-order valence-electron chi connectivity index (χ2n) is 4.24. The van der Waals surface area contributed by atoms with Crippen LogP contribution in [0.1, 0.15) is 31.8 Å². The lowest BCUT2D eigenvalue weighted by atomic mass is 9.99. The minimum absolute atomic E-state index is 0.0393. The fraction of sp³-hybridized carbons (Fsp3) is 0.0667. The molecule has 0 unspecified atom stereocenters. The maximum Gasteiger partial charge on any atom is 0.335 e. The highest BCUT2D eigenvalue weighted by Gasteiger charge is 2.15. The Bertz CT molecular complexity index is 659. The van der Waals surface area contributed by atoms with Gasteiger partial charge in [-0.15, -0.1) is 0 Å². The van der Waals surface area contributed by atoms with Gasteiger partial charge in [0.15, 0.2) is 5.78 Å². The lowest BCUT2D eigenvalue weighted by Crippen LogP contribution is -2.04. The van der Waals surface area contributed by atoms with Crippen molar-refractivity contribution in [2.24, 2.45) is 0 Å². The van der Waals surface area contributed by atoms with Gasteiger partial charge in [0.1, 0.15) is 5.75 Å². The quantitative estimate of drug-likeness (QED) is 0.828. The molecule has 0 saturated carbocycles. The van der Waals surface area contributed by atoms with Gasteiger partial charge in [0.25, 0.3) is 0 Å². The van der Waals surface area contributed by atoms with Crippen LogP contribution >= 0.6 is 0 Å². The number of carboxylic acid groups (broad SMARTS) is 1. The highest BCUT2D eigenvalue weighted by molar-refractivity contribution is 6.11. The minimum Gasteiger partial charge on any atom is -0.507 e. The zero-order chi connectivity index (χ0) is 14.0. The summed E-state index contributed by atoms with van der Waals surface area (Å²) >= 11 is 0. The third kappa shape index (κ3) is 2.63. The molecule has 2 rings (SSSR count). The second kappa shape index (κ2) is 4.94. The fourth-order valence-electron chi connectivity index (χ4n) is 1.78. The molecule has 96 valence electrons. The van der Waals surface area contributed by atoms with Crippen LogP contribution in [0.2, 0.25) is 0 Å². The molecule has 0 atom stereocenters. The number of carboxylic acids is 1. The van der Waals surface area contributed by atoms with Crippen LogP contribution in [-0.2, 0) is 0 Å². The summed E-state index contributed by atoms with van der Waals surface area (Å²) in [5.74, 6) is -1.60. The SMILES string of the molecule is Cc1ccc(C(=O)c2cccc(C(=O)O)c2)c(O)c1. The summed E-state index contributed by atoms with van der Waals surface area (Å²) in [6.45, 7) is 1.80. The van der Waals surface area contributed by atoms with Crippen molar-refractivity contribution in [3.63, 3.8) is 0 Å². The molecule has 0 aromatic heterocycles. The molecule has 0 spiro atoms. The van der Waals surface area contributed by atoms with E-state index in [9.17, 15) is 14.7 Å². The van der Waals surface area contributed by atoms with E-state index in [2.05, 4.69) is 0 Å². The molecule has 2 N–H and O–H groups in total. The van der Waals surface area contributed by atoms with Gasteiger partial charge in [-0.1, -0.05) is 18.2 Å². The van der Waals surface area contributed by atoms with Crippen molar-refractivity contribution in [3.8, 4) is 5.75 Å². The molecule has 19 heavy (non-hydrogen) atoms. The molecule has 4 nitrogen and oxygen atoms in total. The Kier molecular flexibility index (Phi) is 3.33. The first kappa shape index (κ1) is 12.8. The number of phenolic OH excluding ortho intramolecular Hbond substituents is 1. The van der Waals surface area contributed by atoms with Gasteiger partial charge in [-0.2, -0.15) is 0 Å². The number of carbonyl (C=O) groups is 2. The van der Waals surface area contributed by atoms with Crippen molar-refractivity contribution >= 4 is 11.8 Å². The summed E-state index contributed by atoms with van der Waals surface area (Å²) in [5, 5.41) is 18.7. The van der Waals surface area contributed by atoms with Crippen molar-refractivity contribution in [2.45, 2.75) is 6.92 Å². The summed E-state index contributed by atoms with van der Waals surface area (Å²) in [7, 11) is 0. The number of carbonyl (C=O) groups excluding carboxylic acids is 1. The van der Waals surface area contributed by atoms with Crippen LogP contribution in [0, 0.1) is 6.92 Å². The van der Waals surface area contributed by atoms with Gasteiger partial charge in [0, 0.05) is 5.56 Å². The number of aromatic hydroxyl groups is 1. The molecule has 0 aliphatic heterocycles. The predicted octanol–water partition coefficient (Wildman–Crippen LogP) is 2.63. The smallest absolute Gasteiger partial charge is 0.335 e. The molecular weight excluding hydrogens is 244 g/mol. The molecule has 4 heteroatoms. The minimum atomic E-state index is -1.09. The Morgan fingerprint density at radius 3 is 2.32 bits per heavy atom. The first-order chi connectivity index (χ1) is 8.99. The van der Waals surface area contributed by atoms with E-state index in [0.29, 0.717) is 0 Å². The first-order valence-electron chi connectivity index (χ1n) is 5.66. The predicted molar refractivity (Wildman–Crippen MR) is 69.7 cm³/mol. The third-order valence-electron chi connectivity index (χ3n) is 2.77. The van der Waals surface area contributed by atoms with Gasteiger partial charge >= 0.3 is 5.97 Å². The summed E-state index contributed by atoms with van der Waals surface area (Å²) < 4.78 is 0. The number of ketones is 1. The molecule has 0 heterocycles. The Morgan fingerprint density at radius 2 is 1.68 bits per heavy atom. The summed E-state index contributed by atoms with van der Waals surface area (Å²) in [6, 6.07) is 10.5. The van der Waals surface area contributed by atoms with Crippen LogP contribution in [0.25, 0.3) is 0 Å². The van der Waals surface area contributed by atoms with E-state index in [0.717, 1.165) is 5.56 Å². The van der Waals surface area contributed by atoms with Crippen LogP contribution < -0.4 is 0 Å².